The summed E-state index contributed by atoms with van der Waals surface area (Å²) in [7, 11) is 0. The van der Waals surface area contributed by atoms with Crippen molar-refractivity contribution in [1.29, 1.82) is 0 Å². The molecule has 112 heavy (non-hydrogen) atoms. The van der Waals surface area contributed by atoms with E-state index in [0.717, 1.165) is 132 Å². The van der Waals surface area contributed by atoms with Gasteiger partial charge in [-0.3, -0.25) is 0 Å². The predicted octanol–water partition coefficient (Wildman–Crippen LogP) is 31.2. The molecule has 0 spiro atoms. The summed E-state index contributed by atoms with van der Waals surface area (Å²) in [6.07, 6.45) is 0. The molecule has 520 valence electrons. The van der Waals surface area contributed by atoms with Gasteiger partial charge in [-0.05, 0) is 203 Å². The summed E-state index contributed by atoms with van der Waals surface area (Å²) in [4.78, 5) is 0. The second-order valence-corrected chi connectivity index (χ2v) is 29.4. The van der Waals surface area contributed by atoms with Crippen molar-refractivity contribution in [1.82, 2.24) is 0 Å². The van der Waals surface area contributed by atoms with Crippen LogP contribution in [0.3, 0.4) is 0 Å². The molecule has 24 aromatic rings. The van der Waals surface area contributed by atoms with Crippen molar-refractivity contribution in [2.24, 2.45) is 0 Å². The molecular formula is C108H64O4. The number of rotatable bonds is 8. The fourth-order valence-corrected chi connectivity index (χ4v) is 18.3. The monoisotopic (exact) mass is 1420 g/mol. The second kappa shape index (κ2) is 25.4. The van der Waals surface area contributed by atoms with Crippen molar-refractivity contribution in [2.75, 3.05) is 0 Å². The molecule has 0 aliphatic heterocycles. The van der Waals surface area contributed by atoms with E-state index in [9.17, 15) is 0 Å². The van der Waals surface area contributed by atoms with Gasteiger partial charge in [-0.25, -0.2) is 0 Å². The van der Waals surface area contributed by atoms with Crippen molar-refractivity contribution in [3.05, 3.63) is 388 Å². The van der Waals surface area contributed by atoms with Gasteiger partial charge < -0.3 is 17.7 Å². The normalized spacial score (nSPS) is 11.9. The molecule has 4 aromatic heterocycles. The first kappa shape index (κ1) is 63.3. The molecule has 0 unspecified atom stereocenters. The van der Waals surface area contributed by atoms with Crippen molar-refractivity contribution < 1.29 is 17.7 Å². The predicted molar refractivity (Wildman–Crippen MR) is 471 cm³/mol. The van der Waals surface area contributed by atoms with Crippen LogP contribution in [0.15, 0.2) is 406 Å². The lowest BCUT2D eigenvalue weighted by atomic mass is 9.82. The maximum Gasteiger partial charge on any atom is 0.143 e. The van der Waals surface area contributed by atoms with E-state index in [1.165, 1.54) is 109 Å². The van der Waals surface area contributed by atoms with Crippen molar-refractivity contribution in [3.63, 3.8) is 0 Å². The number of hydrogen-bond donors (Lipinski definition) is 0. The number of para-hydroxylation sites is 6. The molecule has 0 fully saturated rings. The van der Waals surface area contributed by atoms with Gasteiger partial charge in [0.2, 0.25) is 0 Å². The Hall–Kier alpha value is -14.8. The van der Waals surface area contributed by atoms with Crippen molar-refractivity contribution in [2.45, 2.75) is 0 Å². The topological polar surface area (TPSA) is 52.6 Å². The fraction of sp³-hybridized carbons (Fsp3) is 0. The largest absolute Gasteiger partial charge is 0.456 e. The lowest BCUT2D eigenvalue weighted by Gasteiger charge is -2.21. The summed E-state index contributed by atoms with van der Waals surface area (Å²) < 4.78 is 26.2. The third-order valence-electron chi connectivity index (χ3n) is 23.4. The Bertz CT molecular complexity index is 7660. The van der Waals surface area contributed by atoms with E-state index in [1.807, 2.05) is 36.4 Å². The molecule has 0 saturated carbocycles. The van der Waals surface area contributed by atoms with Gasteiger partial charge in [-0.1, -0.05) is 328 Å². The van der Waals surface area contributed by atoms with E-state index in [2.05, 4.69) is 352 Å². The zero-order chi connectivity index (χ0) is 73.5. The Labute approximate surface area is 643 Å². The van der Waals surface area contributed by atoms with Gasteiger partial charge in [0.15, 0.2) is 0 Å². The van der Waals surface area contributed by atoms with Gasteiger partial charge in [0.05, 0.1) is 0 Å². The van der Waals surface area contributed by atoms with Crippen LogP contribution in [0.5, 0.6) is 0 Å². The van der Waals surface area contributed by atoms with Crippen LogP contribution in [0.1, 0.15) is 0 Å². The molecule has 20 aromatic carbocycles. The minimum absolute atomic E-state index is 0.891. The lowest BCUT2D eigenvalue weighted by molar-refractivity contribution is 0.668. The van der Waals surface area contributed by atoms with E-state index in [-0.39, 0.29) is 0 Å². The molecule has 0 radical (unpaired) electrons. The molecule has 0 aliphatic rings. The van der Waals surface area contributed by atoms with Crippen LogP contribution in [0, 0.1) is 0 Å². The molecule has 24 rings (SSSR count). The molecule has 0 amide bonds. The van der Waals surface area contributed by atoms with E-state index < -0.39 is 0 Å². The maximum atomic E-state index is 6.68. The smallest absolute Gasteiger partial charge is 0.143 e. The van der Waals surface area contributed by atoms with Crippen LogP contribution in [0.2, 0.25) is 0 Å². The average Bonchev–Trinajstić information content (AvgIpc) is 0.837. The average molecular weight is 1430 g/mol. The van der Waals surface area contributed by atoms with Crippen LogP contribution in [0.25, 0.3) is 241 Å². The highest BCUT2D eigenvalue weighted by molar-refractivity contribution is 6.27. The molecule has 0 atom stereocenters. The third-order valence-corrected chi connectivity index (χ3v) is 23.4. The van der Waals surface area contributed by atoms with Crippen molar-refractivity contribution >= 4 is 152 Å². The first-order valence-corrected chi connectivity index (χ1v) is 38.3. The molecular weight excluding hydrogens is 1360 g/mol. The van der Waals surface area contributed by atoms with Gasteiger partial charge in [0.25, 0.3) is 0 Å². The number of fused-ring (bicyclic) bond motifs is 18. The van der Waals surface area contributed by atoms with Crippen LogP contribution in [-0.4, -0.2) is 0 Å². The van der Waals surface area contributed by atoms with Crippen LogP contribution < -0.4 is 0 Å². The second-order valence-electron chi connectivity index (χ2n) is 29.4. The van der Waals surface area contributed by atoms with Crippen LogP contribution >= 0.6 is 0 Å². The van der Waals surface area contributed by atoms with Gasteiger partial charge >= 0.3 is 0 Å². The SMILES string of the molecule is c1ccc(-c2ccc3ccccc3c2-c2c3cccc(-c4ccc5c(c4)oc4ccccc45)c3cc3c(-c4ccc5c(c4)oc4ccccc45)cccc23)cc1.c1ccc(-c2ccc3ccccc3c2-c2c3cccc(-c4cccc5c4oc4ccccc45)c3cc3c(-c4cccc5c4oc4ccccc45)cccc23)cc1. The van der Waals surface area contributed by atoms with E-state index in [4.69, 9.17) is 17.7 Å². The first-order chi connectivity index (χ1) is 55.6. The Morgan fingerprint density at radius 2 is 0.420 bits per heavy atom. The summed E-state index contributed by atoms with van der Waals surface area (Å²) >= 11 is 0. The van der Waals surface area contributed by atoms with E-state index in [0.29, 0.717) is 0 Å². The summed E-state index contributed by atoms with van der Waals surface area (Å²) in [5, 5.41) is 23.4. The molecule has 0 aliphatic carbocycles. The van der Waals surface area contributed by atoms with Gasteiger partial charge in [-0.2, -0.15) is 0 Å². The Balaban J connectivity index is 0.000000134. The molecule has 4 nitrogen and oxygen atoms in total. The minimum atomic E-state index is 0.891. The first-order valence-electron chi connectivity index (χ1n) is 38.3. The fourth-order valence-electron chi connectivity index (χ4n) is 18.3. The summed E-state index contributed by atoms with van der Waals surface area (Å²) in [5.41, 5.74) is 25.9. The maximum absolute atomic E-state index is 6.68. The van der Waals surface area contributed by atoms with Gasteiger partial charge in [0, 0.05) is 54.2 Å². The van der Waals surface area contributed by atoms with Crippen molar-refractivity contribution in [3.8, 4) is 89.0 Å². The molecule has 4 heterocycles. The Morgan fingerprint density at radius 3 is 0.821 bits per heavy atom. The molecule has 0 saturated heterocycles. The van der Waals surface area contributed by atoms with E-state index >= 15 is 0 Å². The standard InChI is InChI=1S/2C54H32O2/c1-2-14-33(15-3-1)36-31-30-34-16-4-5-17-35(34)51(36)52-41-22-10-20-37(43-24-12-26-45-39-18-6-8-28-49(39)55-53(43)45)47(41)32-48-38(21-11-23-42(48)52)44-25-13-27-46-40-19-7-9-29-50(40)56-54(44)46;1-2-12-33(13-3-1)40-27-24-34-14-4-5-15-39(34)53(40)54-45-20-10-18-37(35-25-28-43-41-16-6-8-22-49(41)55-51(43)30-35)47(45)32-48-38(19-11-21-46(48)54)36-26-29-44-42-17-7-9-23-50(42)56-52(44)31-36/h2*1-32H. The number of benzene rings is 20. The lowest BCUT2D eigenvalue weighted by Crippen LogP contribution is -1.94. The van der Waals surface area contributed by atoms with Gasteiger partial charge in [0.1, 0.15) is 44.7 Å². The van der Waals surface area contributed by atoms with Gasteiger partial charge in [-0.15, -0.1) is 0 Å². The Kier molecular flexibility index (Phi) is 14.3. The third kappa shape index (κ3) is 9.95. The number of hydrogen-bond acceptors (Lipinski definition) is 4. The summed E-state index contributed by atoms with van der Waals surface area (Å²) in [6, 6.07) is 140. The van der Waals surface area contributed by atoms with Crippen LogP contribution in [0.4, 0.5) is 0 Å². The molecule has 4 heteroatoms. The molecule has 0 bridgehead atoms. The zero-order valence-electron chi connectivity index (χ0n) is 60.6. The van der Waals surface area contributed by atoms with E-state index in [1.54, 1.807) is 0 Å². The molecule has 0 N–H and O–H groups in total. The highest BCUT2D eigenvalue weighted by Gasteiger charge is 2.26. The minimum Gasteiger partial charge on any atom is -0.456 e. The Morgan fingerprint density at radius 1 is 0.125 bits per heavy atom. The number of furan rings is 4. The quantitative estimate of drug-likeness (QED) is 0.142. The highest BCUT2D eigenvalue weighted by atomic mass is 16.3. The highest BCUT2D eigenvalue weighted by Crippen LogP contribution is 2.53. The summed E-state index contributed by atoms with van der Waals surface area (Å²) in [5.74, 6) is 0. The zero-order valence-corrected chi connectivity index (χ0v) is 60.6. The van der Waals surface area contributed by atoms with Crippen LogP contribution in [-0.2, 0) is 0 Å². The summed E-state index contributed by atoms with van der Waals surface area (Å²) in [6.45, 7) is 0.